The Morgan fingerprint density at radius 3 is 2.40 bits per heavy atom. The first-order chi connectivity index (χ1) is 12.2. The van der Waals surface area contributed by atoms with E-state index in [9.17, 15) is 10.1 Å². The second-order valence-electron chi connectivity index (χ2n) is 5.33. The number of non-ortho nitro benzene ring substituents is 1. The minimum absolute atomic E-state index is 0.0970. The van der Waals surface area contributed by atoms with E-state index in [1.54, 1.807) is 23.5 Å². The van der Waals surface area contributed by atoms with Gasteiger partial charge in [0.1, 0.15) is 0 Å². The molecule has 0 saturated heterocycles. The molecule has 0 aliphatic carbocycles. The first-order valence-corrected chi connectivity index (χ1v) is 10.5. The molecule has 1 aromatic heterocycles. The Hall–Kier alpha value is -2.32. The predicted octanol–water partition coefficient (Wildman–Crippen LogP) is 2.00. The monoisotopic (exact) mass is 459 g/mol. The number of nitrogens with zero attached hydrogens (tertiary/aromatic N) is 2. The molecular formula is C19H12IN2O2S-. The molecule has 4 aromatic rings. The molecule has 0 radical (unpaired) electrons. The Balaban J connectivity index is 1.65. The van der Waals surface area contributed by atoms with Gasteiger partial charge in [0.25, 0.3) is 0 Å². The van der Waals surface area contributed by atoms with Crippen molar-refractivity contribution in [1.82, 2.24) is 4.98 Å². The molecule has 0 saturated carbocycles. The molecule has 0 aliphatic heterocycles. The van der Waals surface area contributed by atoms with E-state index in [2.05, 4.69) is 47.4 Å². The molecular weight excluding hydrogens is 447 g/mol. The van der Waals surface area contributed by atoms with Gasteiger partial charge in [0, 0.05) is 0 Å². The van der Waals surface area contributed by atoms with Gasteiger partial charge in [-0.2, -0.15) is 0 Å². The number of aromatic nitrogens is 1. The molecule has 3 aromatic carbocycles. The van der Waals surface area contributed by atoms with Crippen molar-refractivity contribution in [3.63, 3.8) is 0 Å². The van der Waals surface area contributed by atoms with Crippen LogP contribution in [0.1, 0.15) is 0 Å². The van der Waals surface area contributed by atoms with Gasteiger partial charge in [0.2, 0.25) is 0 Å². The number of halogens is 1. The molecule has 0 atom stereocenters. The van der Waals surface area contributed by atoms with Crippen molar-refractivity contribution < 1.29 is 26.1 Å². The second-order valence-corrected chi connectivity index (χ2v) is 9.39. The third-order valence-corrected chi connectivity index (χ3v) is 7.33. The fraction of sp³-hybridized carbons (Fsp3) is 0. The zero-order valence-corrected chi connectivity index (χ0v) is 15.9. The Labute approximate surface area is 158 Å². The molecule has 6 heteroatoms. The average Bonchev–Trinajstić information content (AvgIpc) is 3.06. The molecule has 1 heterocycles. The van der Waals surface area contributed by atoms with E-state index in [0.29, 0.717) is 0 Å². The fourth-order valence-electron chi connectivity index (χ4n) is 2.41. The van der Waals surface area contributed by atoms with Crippen LogP contribution < -0.4 is 21.2 Å². The van der Waals surface area contributed by atoms with Crippen molar-refractivity contribution in [2.45, 2.75) is 0 Å². The van der Waals surface area contributed by atoms with Crippen molar-refractivity contribution in [3.8, 4) is 10.6 Å². The zero-order valence-electron chi connectivity index (χ0n) is 12.9. The molecule has 0 aliphatic rings. The van der Waals surface area contributed by atoms with Crippen molar-refractivity contribution in [2.75, 3.05) is 0 Å². The number of hydrogen-bond acceptors (Lipinski definition) is 4. The number of nitro benzene ring substituents is 1. The van der Waals surface area contributed by atoms with E-state index in [-0.39, 0.29) is 31.8 Å². The van der Waals surface area contributed by atoms with Gasteiger partial charge in [-0.1, -0.05) is 0 Å². The van der Waals surface area contributed by atoms with Crippen molar-refractivity contribution >= 4 is 27.2 Å². The van der Waals surface area contributed by atoms with E-state index < -0.39 is 0 Å². The normalized spacial score (nSPS) is 11.0. The van der Waals surface area contributed by atoms with Crippen LogP contribution in [0, 0.1) is 17.3 Å². The molecule has 0 amide bonds. The van der Waals surface area contributed by atoms with Crippen LogP contribution in [-0.4, -0.2) is 9.91 Å². The second kappa shape index (κ2) is 6.89. The third kappa shape index (κ3) is 3.54. The molecule has 0 N–H and O–H groups in total. The number of benzene rings is 3. The minimum atomic E-state index is -0.387. The van der Waals surface area contributed by atoms with E-state index in [1.807, 2.05) is 6.07 Å². The summed E-state index contributed by atoms with van der Waals surface area (Å²) in [5, 5.41) is 11.7. The summed E-state index contributed by atoms with van der Waals surface area (Å²) in [5.74, 6) is 0. The summed E-state index contributed by atoms with van der Waals surface area (Å²) >= 11 is 1.43. The van der Waals surface area contributed by atoms with Gasteiger partial charge in [0.15, 0.2) is 0 Å². The van der Waals surface area contributed by atoms with Crippen molar-refractivity contribution in [1.29, 1.82) is 0 Å². The topological polar surface area (TPSA) is 56.0 Å². The Morgan fingerprint density at radius 1 is 0.920 bits per heavy atom. The van der Waals surface area contributed by atoms with Crippen molar-refractivity contribution in [3.05, 3.63) is 90.1 Å². The molecule has 124 valence electrons. The average molecular weight is 459 g/mol. The summed E-state index contributed by atoms with van der Waals surface area (Å²) in [6, 6.07) is 23.5. The summed E-state index contributed by atoms with van der Waals surface area (Å²) < 4.78 is 3.90. The van der Waals surface area contributed by atoms with Crippen molar-refractivity contribution in [2.24, 2.45) is 0 Å². The van der Waals surface area contributed by atoms with Gasteiger partial charge in [0.05, 0.1) is 0 Å². The van der Waals surface area contributed by atoms with Gasteiger partial charge in [-0.3, -0.25) is 0 Å². The van der Waals surface area contributed by atoms with Gasteiger partial charge >= 0.3 is 159 Å². The van der Waals surface area contributed by atoms with Crippen LogP contribution in [0.4, 0.5) is 5.69 Å². The van der Waals surface area contributed by atoms with Gasteiger partial charge < -0.3 is 0 Å². The molecule has 0 fully saturated rings. The fourth-order valence-corrected chi connectivity index (χ4v) is 5.95. The van der Waals surface area contributed by atoms with E-state index in [0.717, 1.165) is 20.8 Å². The first kappa shape index (κ1) is 16.2. The van der Waals surface area contributed by atoms with Crippen LogP contribution in [0.2, 0.25) is 0 Å². The van der Waals surface area contributed by atoms with E-state index in [4.69, 9.17) is 0 Å². The molecule has 4 nitrogen and oxygen atoms in total. The quantitative estimate of drug-likeness (QED) is 0.267. The SMILES string of the molecule is O=[N+]([O-])c1ccc(-c2nc3ccc([I-]c4ccccc4)cc3s2)cc1. The molecule has 4 rings (SSSR count). The van der Waals surface area contributed by atoms with E-state index >= 15 is 0 Å². The molecule has 0 spiro atoms. The van der Waals surface area contributed by atoms with Gasteiger partial charge in [-0.05, 0) is 0 Å². The number of hydrogen-bond donors (Lipinski definition) is 0. The molecule has 25 heavy (non-hydrogen) atoms. The number of nitro groups is 1. The molecule has 0 unspecified atom stereocenters. The van der Waals surface area contributed by atoms with Crippen LogP contribution in [0.25, 0.3) is 20.8 Å². The van der Waals surface area contributed by atoms with Crippen LogP contribution in [0.3, 0.4) is 0 Å². The number of rotatable bonds is 4. The van der Waals surface area contributed by atoms with Gasteiger partial charge in [-0.25, -0.2) is 0 Å². The Kier molecular flexibility index (Phi) is 4.46. The van der Waals surface area contributed by atoms with Crippen LogP contribution in [0.5, 0.6) is 0 Å². The van der Waals surface area contributed by atoms with Crippen LogP contribution in [0.15, 0.2) is 72.8 Å². The van der Waals surface area contributed by atoms with Gasteiger partial charge in [-0.15, -0.1) is 0 Å². The van der Waals surface area contributed by atoms with E-state index in [1.165, 1.54) is 19.3 Å². The Morgan fingerprint density at radius 2 is 1.68 bits per heavy atom. The predicted molar refractivity (Wildman–Crippen MR) is 95.5 cm³/mol. The third-order valence-electron chi connectivity index (χ3n) is 3.63. The summed E-state index contributed by atoms with van der Waals surface area (Å²) in [7, 11) is 0. The maximum absolute atomic E-state index is 10.8. The number of fused-ring (bicyclic) bond motifs is 1. The maximum atomic E-state index is 10.8. The van der Waals surface area contributed by atoms with Crippen LogP contribution >= 0.6 is 11.3 Å². The molecule has 0 bridgehead atoms. The number of thiazole rings is 1. The Bertz CT molecular complexity index is 1050. The summed E-state index contributed by atoms with van der Waals surface area (Å²) in [6.07, 6.45) is 0. The first-order valence-electron chi connectivity index (χ1n) is 7.54. The summed E-state index contributed by atoms with van der Waals surface area (Å²) in [4.78, 5) is 15.1. The zero-order chi connectivity index (χ0) is 17.2. The summed E-state index contributed by atoms with van der Waals surface area (Å²) in [6.45, 7) is 0. The van der Waals surface area contributed by atoms with Crippen LogP contribution in [-0.2, 0) is 0 Å². The summed E-state index contributed by atoms with van der Waals surface area (Å²) in [5.41, 5.74) is 1.98. The standard InChI is InChI=1S/C19H12IN2O2S/c23-22(24)16-9-6-13(7-10-16)19-21-17-11-8-15(12-18(17)25-19)20-14-4-2-1-3-5-14/h1-12H/q-1.